The Morgan fingerprint density at radius 2 is 2.19 bits per heavy atom. The molecule has 4 nitrogen and oxygen atoms in total. The van der Waals surface area contributed by atoms with Crippen LogP contribution in [0.3, 0.4) is 0 Å². The fourth-order valence-corrected chi connectivity index (χ4v) is 3.94. The number of amides is 1. The van der Waals surface area contributed by atoms with Gasteiger partial charge in [0.1, 0.15) is 0 Å². The van der Waals surface area contributed by atoms with Crippen molar-refractivity contribution in [1.82, 2.24) is 5.32 Å². The molecule has 1 atom stereocenters. The van der Waals surface area contributed by atoms with Gasteiger partial charge in [-0.05, 0) is 42.9 Å². The number of carbonyl (C=O) groups is 1. The van der Waals surface area contributed by atoms with E-state index in [-0.39, 0.29) is 11.9 Å². The topological polar surface area (TPSA) is 64.4 Å². The normalized spacial score (nSPS) is 23.6. The molecule has 1 saturated heterocycles. The number of nitrogens with two attached hydrogens (primary N) is 1. The zero-order valence-electron chi connectivity index (χ0n) is 12.0. The Labute approximate surface area is 133 Å². The number of halogens is 1. The van der Waals surface area contributed by atoms with Crippen LogP contribution in [-0.2, 0) is 16.0 Å². The van der Waals surface area contributed by atoms with Gasteiger partial charge in [0, 0.05) is 24.2 Å². The first-order valence-electron chi connectivity index (χ1n) is 7.52. The third-order valence-electron chi connectivity index (χ3n) is 4.84. The summed E-state index contributed by atoms with van der Waals surface area (Å²) in [4.78, 5) is 12.7. The van der Waals surface area contributed by atoms with Crippen LogP contribution < -0.4 is 11.1 Å². The summed E-state index contributed by atoms with van der Waals surface area (Å²) in [6.45, 7) is 1.63. The van der Waals surface area contributed by atoms with E-state index in [0.29, 0.717) is 32.6 Å². The summed E-state index contributed by atoms with van der Waals surface area (Å²) >= 11 is 3.59. The van der Waals surface area contributed by atoms with Crippen LogP contribution in [0.5, 0.6) is 0 Å². The number of hydrogen-bond donors (Lipinski definition) is 2. The van der Waals surface area contributed by atoms with Crippen LogP contribution in [0.25, 0.3) is 0 Å². The quantitative estimate of drug-likeness (QED) is 0.877. The molecule has 5 heteroatoms. The van der Waals surface area contributed by atoms with Crippen molar-refractivity contribution in [3.63, 3.8) is 0 Å². The Kier molecular flexibility index (Phi) is 4.33. The molecule has 1 aromatic rings. The monoisotopic (exact) mass is 352 g/mol. The molecule has 114 valence electrons. The fraction of sp³-hybridized carbons (Fsp3) is 0.562. The molecular formula is C16H21BrN2O2. The molecular weight excluding hydrogens is 332 g/mol. The summed E-state index contributed by atoms with van der Waals surface area (Å²) < 4.78 is 6.51. The minimum Gasteiger partial charge on any atom is -0.381 e. The van der Waals surface area contributed by atoms with Crippen LogP contribution in [0.15, 0.2) is 22.7 Å². The van der Waals surface area contributed by atoms with Gasteiger partial charge in [0.25, 0.3) is 0 Å². The van der Waals surface area contributed by atoms with Crippen LogP contribution in [0.1, 0.15) is 36.4 Å². The lowest BCUT2D eigenvalue weighted by Gasteiger charge is -2.35. The molecule has 0 spiro atoms. The predicted octanol–water partition coefficient (Wildman–Crippen LogP) is 2.31. The molecule has 0 radical (unpaired) electrons. The van der Waals surface area contributed by atoms with Gasteiger partial charge >= 0.3 is 0 Å². The SMILES string of the molecule is NCC1(C(=O)NC2CCc3c(Br)cccc32)CCOCC1. The summed E-state index contributed by atoms with van der Waals surface area (Å²) in [5.74, 6) is 0.0890. The van der Waals surface area contributed by atoms with E-state index < -0.39 is 5.41 Å². The first-order valence-corrected chi connectivity index (χ1v) is 8.32. The Balaban J connectivity index is 1.76. The van der Waals surface area contributed by atoms with Crippen molar-refractivity contribution >= 4 is 21.8 Å². The minimum atomic E-state index is -0.451. The second-order valence-electron chi connectivity index (χ2n) is 5.97. The molecule has 1 aliphatic carbocycles. The van der Waals surface area contributed by atoms with Gasteiger partial charge in [0.05, 0.1) is 11.5 Å². The molecule has 3 rings (SSSR count). The van der Waals surface area contributed by atoms with Crippen LogP contribution >= 0.6 is 15.9 Å². The van der Waals surface area contributed by atoms with E-state index in [4.69, 9.17) is 10.5 Å². The van der Waals surface area contributed by atoms with Gasteiger partial charge in [-0.25, -0.2) is 0 Å². The van der Waals surface area contributed by atoms with Crippen molar-refractivity contribution in [2.75, 3.05) is 19.8 Å². The summed E-state index contributed by atoms with van der Waals surface area (Å²) in [6.07, 6.45) is 3.39. The summed E-state index contributed by atoms with van der Waals surface area (Å²) in [5, 5.41) is 3.23. The van der Waals surface area contributed by atoms with Crippen LogP contribution in [0.4, 0.5) is 0 Å². The lowest BCUT2D eigenvalue weighted by molar-refractivity contribution is -0.136. The zero-order chi connectivity index (χ0) is 14.9. The molecule has 1 amide bonds. The summed E-state index contributed by atoms with van der Waals surface area (Å²) in [5.41, 5.74) is 8.01. The van der Waals surface area contributed by atoms with Gasteiger partial charge in [0.2, 0.25) is 5.91 Å². The summed E-state index contributed by atoms with van der Waals surface area (Å²) in [7, 11) is 0. The smallest absolute Gasteiger partial charge is 0.228 e. The highest BCUT2D eigenvalue weighted by molar-refractivity contribution is 9.10. The van der Waals surface area contributed by atoms with Crippen molar-refractivity contribution in [3.05, 3.63) is 33.8 Å². The van der Waals surface area contributed by atoms with E-state index in [2.05, 4.69) is 33.4 Å². The Bertz CT molecular complexity index is 541. The van der Waals surface area contributed by atoms with E-state index in [1.54, 1.807) is 0 Å². The highest BCUT2D eigenvalue weighted by Crippen LogP contribution is 2.37. The predicted molar refractivity (Wildman–Crippen MR) is 84.9 cm³/mol. The maximum absolute atomic E-state index is 12.7. The molecule has 2 aliphatic rings. The second kappa shape index (κ2) is 6.07. The molecule has 3 N–H and O–H groups in total. The van der Waals surface area contributed by atoms with Gasteiger partial charge in [-0.3, -0.25) is 4.79 Å². The van der Waals surface area contributed by atoms with Crippen molar-refractivity contribution in [2.24, 2.45) is 11.1 Å². The van der Waals surface area contributed by atoms with E-state index in [1.165, 1.54) is 11.1 Å². The summed E-state index contributed by atoms with van der Waals surface area (Å²) in [6, 6.07) is 6.30. The van der Waals surface area contributed by atoms with Crippen LogP contribution in [0, 0.1) is 5.41 Å². The van der Waals surface area contributed by atoms with Crippen molar-refractivity contribution in [3.8, 4) is 0 Å². The van der Waals surface area contributed by atoms with E-state index in [1.807, 2.05) is 6.07 Å². The van der Waals surface area contributed by atoms with Crippen molar-refractivity contribution < 1.29 is 9.53 Å². The minimum absolute atomic E-state index is 0.0890. The first-order chi connectivity index (χ1) is 10.2. The maximum Gasteiger partial charge on any atom is 0.228 e. The molecule has 0 saturated carbocycles. The Morgan fingerprint density at radius 1 is 1.43 bits per heavy atom. The standard InChI is InChI=1S/C16H21BrN2O2/c17-13-3-1-2-12-11(13)4-5-14(12)19-15(20)16(10-18)6-8-21-9-7-16/h1-3,14H,4-10,18H2,(H,19,20). The number of fused-ring (bicyclic) bond motifs is 1. The molecule has 1 aliphatic heterocycles. The van der Waals surface area contributed by atoms with Crippen LogP contribution in [0.2, 0.25) is 0 Å². The van der Waals surface area contributed by atoms with Gasteiger partial charge in [-0.2, -0.15) is 0 Å². The van der Waals surface area contributed by atoms with E-state index in [0.717, 1.165) is 17.3 Å². The van der Waals surface area contributed by atoms with E-state index in [9.17, 15) is 4.79 Å². The molecule has 1 aromatic carbocycles. The highest BCUT2D eigenvalue weighted by Gasteiger charge is 2.40. The lowest BCUT2D eigenvalue weighted by Crippen LogP contribution is -2.49. The number of carbonyl (C=O) groups excluding carboxylic acids is 1. The van der Waals surface area contributed by atoms with Gasteiger partial charge in [0.15, 0.2) is 0 Å². The number of ether oxygens (including phenoxy) is 1. The number of rotatable bonds is 3. The second-order valence-corrected chi connectivity index (χ2v) is 6.82. The molecule has 1 unspecified atom stereocenters. The molecule has 1 fully saturated rings. The zero-order valence-corrected chi connectivity index (χ0v) is 13.6. The van der Waals surface area contributed by atoms with Gasteiger partial charge in [-0.1, -0.05) is 28.1 Å². The largest absolute Gasteiger partial charge is 0.381 e. The molecule has 0 aromatic heterocycles. The Hall–Kier alpha value is -0.910. The average Bonchev–Trinajstić information content (AvgIpc) is 2.92. The van der Waals surface area contributed by atoms with Crippen LogP contribution in [-0.4, -0.2) is 25.7 Å². The lowest BCUT2D eigenvalue weighted by atomic mass is 9.79. The van der Waals surface area contributed by atoms with E-state index >= 15 is 0 Å². The maximum atomic E-state index is 12.7. The molecule has 0 bridgehead atoms. The fourth-order valence-electron chi connectivity index (χ4n) is 3.36. The van der Waals surface area contributed by atoms with Gasteiger partial charge < -0.3 is 15.8 Å². The molecule has 1 heterocycles. The molecule has 21 heavy (non-hydrogen) atoms. The number of nitrogens with one attached hydrogen (secondary N) is 1. The number of hydrogen-bond acceptors (Lipinski definition) is 3. The van der Waals surface area contributed by atoms with Crippen molar-refractivity contribution in [1.29, 1.82) is 0 Å². The highest BCUT2D eigenvalue weighted by atomic mass is 79.9. The third-order valence-corrected chi connectivity index (χ3v) is 5.58. The Morgan fingerprint density at radius 3 is 2.90 bits per heavy atom. The van der Waals surface area contributed by atoms with Crippen molar-refractivity contribution in [2.45, 2.75) is 31.7 Å². The van der Waals surface area contributed by atoms with Gasteiger partial charge in [-0.15, -0.1) is 0 Å². The number of benzene rings is 1. The first kappa shape index (κ1) is 15.0. The average molecular weight is 353 g/mol. The third kappa shape index (κ3) is 2.74.